The summed E-state index contributed by atoms with van der Waals surface area (Å²) in [6.07, 6.45) is -2.77. The summed E-state index contributed by atoms with van der Waals surface area (Å²) >= 11 is 7.42. The number of rotatable bonds is 12. The van der Waals surface area contributed by atoms with Crippen LogP contribution < -0.4 is 4.74 Å². The SMILES string of the molecule is CCCCOc1nc(Cl)nc2c1ncn2[C@@H]1O[C@H](COC(Cc2ccccc2)(C(=O)OC)c2cscn2)[C@@H](O)[C@@H]1F. The minimum atomic E-state index is -1.87. The number of aromatic nitrogens is 5. The molecule has 14 heteroatoms. The molecule has 0 spiro atoms. The molecule has 0 aliphatic carbocycles. The fourth-order valence-electron chi connectivity index (χ4n) is 4.67. The second kappa shape index (κ2) is 12.7. The maximum absolute atomic E-state index is 15.5. The highest BCUT2D eigenvalue weighted by Gasteiger charge is 2.50. The number of imidazole rings is 1. The van der Waals surface area contributed by atoms with Gasteiger partial charge in [0.05, 0.1) is 37.9 Å². The second-order valence-electron chi connectivity index (χ2n) is 9.49. The van der Waals surface area contributed by atoms with Gasteiger partial charge in [0.2, 0.25) is 16.8 Å². The van der Waals surface area contributed by atoms with Crippen molar-refractivity contribution in [1.82, 2.24) is 24.5 Å². The van der Waals surface area contributed by atoms with Crippen LogP contribution in [0, 0.1) is 0 Å². The number of carbonyl (C=O) groups is 1. The maximum Gasteiger partial charge on any atom is 0.344 e. The van der Waals surface area contributed by atoms with Gasteiger partial charge in [-0.15, -0.1) is 11.3 Å². The summed E-state index contributed by atoms with van der Waals surface area (Å²) in [4.78, 5) is 30.2. The Kier molecular flexibility index (Phi) is 9.09. The van der Waals surface area contributed by atoms with Crippen molar-refractivity contribution in [1.29, 1.82) is 0 Å². The van der Waals surface area contributed by atoms with E-state index in [1.807, 2.05) is 37.3 Å². The number of aliphatic hydroxyl groups excluding tert-OH is 1. The zero-order valence-corrected chi connectivity index (χ0v) is 23.9. The third-order valence-electron chi connectivity index (χ3n) is 6.82. The first-order valence-corrected chi connectivity index (χ1v) is 14.4. The van der Waals surface area contributed by atoms with E-state index >= 15 is 4.39 Å². The minimum absolute atomic E-state index is 0.0952. The summed E-state index contributed by atoms with van der Waals surface area (Å²) in [7, 11) is 1.25. The molecule has 1 unspecified atom stereocenters. The van der Waals surface area contributed by atoms with Crippen molar-refractivity contribution in [2.24, 2.45) is 0 Å². The van der Waals surface area contributed by atoms with Gasteiger partial charge in [-0.25, -0.2) is 19.2 Å². The molecule has 0 amide bonds. The van der Waals surface area contributed by atoms with E-state index in [0.717, 1.165) is 18.4 Å². The summed E-state index contributed by atoms with van der Waals surface area (Å²) in [6, 6.07) is 9.23. The predicted octanol–water partition coefficient (Wildman–Crippen LogP) is 4.04. The van der Waals surface area contributed by atoms with Crippen molar-refractivity contribution in [2.75, 3.05) is 20.3 Å². The number of esters is 1. The molecule has 1 fully saturated rings. The van der Waals surface area contributed by atoms with Gasteiger partial charge in [0.25, 0.3) is 0 Å². The molecular weight excluding hydrogens is 577 g/mol. The Labute approximate surface area is 244 Å². The highest BCUT2D eigenvalue weighted by atomic mass is 35.5. The van der Waals surface area contributed by atoms with Crippen molar-refractivity contribution in [3.05, 3.63) is 64.1 Å². The number of aliphatic hydroxyl groups is 1. The molecule has 1 aliphatic rings. The predicted molar refractivity (Wildman–Crippen MR) is 147 cm³/mol. The van der Waals surface area contributed by atoms with Gasteiger partial charge in [0.15, 0.2) is 23.6 Å². The van der Waals surface area contributed by atoms with E-state index in [0.29, 0.717) is 12.3 Å². The monoisotopic (exact) mass is 605 g/mol. The second-order valence-corrected chi connectivity index (χ2v) is 10.5. The average Bonchev–Trinajstić information content (AvgIpc) is 3.72. The van der Waals surface area contributed by atoms with Gasteiger partial charge in [0.1, 0.15) is 12.2 Å². The number of nitrogens with zero attached hydrogens (tertiary/aromatic N) is 5. The first kappa shape index (κ1) is 29.3. The molecule has 11 nitrogen and oxygen atoms in total. The molecule has 5 rings (SSSR count). The number of methoxy groups -OCH3 is 1. The number of hydrogen-bond acceptors (Lipinski definition) is 11. The van der Waals surface area contributed by atoms with E-state index in [4.69, 9.17) is 30.5 Å². The normalized spacial score (nSPS) is 22.1. The lowest BCUT2D eigenvalue weighted by molar-refractivity contribution is -0.180. The van der Waals surface area contributed by atoms with Crippen molar-refractivity contribution in [3.63, 3.8) is 0 Å². The smallest absolute Gasteiger partial charge is 0.344 e. The van der Waals surface area contributed by atoms with Gasteiger partial charge in [-0.1, -0.05) is 43.7 Å². The fourth-order valence-corrected chi connectivity index (χ4v) is 5.44. The molecule has 0 radical (unpaired) electrons. The molecule has 4 aromatic rings. The summed E-state index contributed by atoms with van der Waals surface area (Å²) < 4.78 is 39.9. The average molecular weight is 606 g/mol. The third-order valence-corrected chi connectivity index (χ3v) is 7.57. The number of benzene rings is 1. The van der Waals surface area contributed by atoms with Crippen molar-refractivity contribution in [3.8, 4) is 5.88 Å². The molecule has 0 bridgehead atoms. The summed E-state index contributed by atoms with van der Waals surface area (Å²) in [5.41, 5.74) is 1.52. The highest BCUT2D eigenvalue weighted by molar-refractivity contribution is 7.07. The quantitative estimate of drug-likeness (QED) is 0.143. The molecule has 1 N–H and O–H groups in total. The number of halogens is 2. The molecule has 5 atom stereocenters. The minimum Gasteiger partial charge on any atom is -0.476 e. The van der Waals surface area contributed by atoms with Crippen LogP contribution in [-0.4, -0.2) is 74.3 Å². The van der Waals surface area contributed by atoms with Crippen LogP contribution in [0.25, 0.3) is 11.2 Å². The van der Waals surface area contributed by atoms with Crippen LogP contribution in [0.5, 0.6) is 5.88 Å². The largest absolute Gasteiger partial charge is 0.476 e. The Hall–Kier alpha value is -3.23. The molecular formula is C27H29ClFN5O6S. The lowest BCUT2D eigenvalue weighted by Gasteiger charge is -2.31. The number of carbonyl (C=O) groups excluding carboxylic acids is 1. The van der Waals surface area contributed by atoms with Crippen LogP contribution in [0.2, 0.25) is 5.28 Å². The molecule has 218 valence electrons. The van der Waals surface area contributed by atoms with E-state index in [-0.39, 0.29) is 35.4 Å². The number of ether oxygens (including phenoxy) is 4. The summed E-state index contributed by atoms with van der Waals surface area (Å²) in [5.74, 6) is -0.510. The Morgan fingerprint density at radius 1 is 1.27 bits per heavy atom. The van der Waals surface area contributed by atoms with Crippen LogP contribution in [0.3, 0.4) is 0 Å². The Morgan fingerprint density at radius 3 is 2.78 bits per heavy atom. The molecule has 1 aliphatic heterocycles. The van der Waals surface area contributed by atoms with Crippen LogP contribution >= 0.6 is 22.9 Å². The van der Waals surface area contributed by atoms with Gasteiger partial charge in [-0.3, -0.25) is 4.57 Å². The van der Waals surface area contributed by atoms with Crippen molar-refractivity contribution in [2.45, 2.75) is 56.4 Å². The van der Waals surface area contributed by atoms with Gasteiger partial charge < -0.3 is 24.1 Å². The molecule has 1 aromatic carbocycles. The Bertz CT molecular complexity index is 1460. The highest BCUT2D eigenvalue weighted by Crippen LogP contribution is 2.38. The summed E-state index contributed by atoms with van der Waals surface area (Å²) in [5, 5.41) is 12.4. The molecule has 3 aromatic heterocycles. The fraction of sp³-hybridized carbons (Fsp3) is 0.444. The topological polar surface area (TPSA) is 131 Å². The van der Waals surface area contributed by atoms with E-state index in [1.165, 1.54) is 29.3 Å². The molecule has 41 heavy (non-hydrogen) atoms. The number of hydrogen-bond donors (Lipinski definition) is 1. The zero-order chi connectivity index (χ0) is 29.0. The number of unbranched alkanes of at least 4 members (excludes halogenated alkanes) is 1. The lowest BCUT2D eigenvalue weighted by atomic mass is 9.91. The number of alkyl halides is 1. The Balaban J connectivity index is 1.40. The van der Waals surface area contributed by atoms with Crippen LogP contribution in [0.15, 0.2) is 47.5 Å². The maximum atomic E-state index is 15.5. The van der Waals surface area contributed by atoms with E-state index < -0.39 is 36.2 Å². The molecule has 4 heterocycles. The standard InChI is InChI=1S/C27H29ClFN5O6S/c1-3-4-10-38-23-20-22(32-26(28)33-23)34(14-30-20)24-19(29)21(35)17(40-24)12-39-27(25(36)37-2,18-13-41-15-31-18)11-16-8-6-5-7-9-16/h5-9,13-15,17,19,21,24,35H,3-4,10-12H2,1-2H3/t17-,19+,21-,24-,27?/m1/s1. The first-order chi connectivity index (χ1) is 19.9. The molecule has 1 saturated heterocycles. The van der Waals surface area contributed by atoms with Gasteiger partial charge in [-0.2, -0.15) is 9.97 Å². The molecule has 0 saturated carbocycles. The van der Waals surface area contributed by atoms with Gasteiger partial charge in [0, 0.05) is 11.8 Å². The lowest BCUT2D eigenvalue weighted by Crippen LogP contribution is -2.45. The Morgan fingerprint density at radius 2 is 2.07 bits per heavy atom. The van der Waals surface area contributed by atoms with Gasteiger partial charge >= 0.3 is 5.97 Å². The van der Waals surface area contributed by atoms with Crippen LogP contribution in [0.4, 0.5) is 4.39 Å². The van der Waals surface area contributed by atoms with Gasteiger partial charge in [-0.05, 0) is 23.6 Å². The number of fused-ring (bicyclic) bond motifs is 1. The summed E-state index contributed by atoms with van der Waals surface area (Å²) in [6.45, 7) is 2.09. The van der Waals surface area contributed by atoms with E-state index in [9.17, 15) is 9.90 Å². The van der Waals surface area contributed by atoms with E-state index in [1.54, 1.807) is 10.9 Å². The van der Waals surface area contributed by atoms with E-state index in [2.05, 4.69) is 19.9 Å². The first-order valence-electron chi connectivity index (χ1n) is 13.0. The number of thiazole rings is 1. The van der Waals surface area contributed by atoms with Crippen LogP contribution in [-0.2, 0) is 31.0 Å². The third kappa shape index (κ3) is 5.90. The zero-order valence-electron chi connectivity index (χ0n) is 22.4. The van der Waals surface area contributed by atoms with Crippen molar-refractivity contribution >= 4 is 40.1 Å². The van der Waals surface area contributed by atoms with Crippen molar-refractivity contribution < 1.29 is 33.2 Å². The van der Waals surface area contributed by atoms with Crippen LogP contribution in [0.1, 0.15) is 37.3 Å².